The highest BCUT2D eigenvalue weighted by atomic mass is 16.3. The van der Waals surface area contributed by atoms with Gasteiger partial charge in [0, 0.05) is 32.7 Å². The molecule has 1 saturated heterocycles. The highest BCUT2D eigenvalue weighted by Crippen LogP contribution is 2.07. The number of piperazine rings is 1. The van der Waals surface area contributed by atoms with E-state index in [1.54, 1.807) is 12.2 Å². The van der Waals surface area contributed by atoms with Crippen LogP contribution in [0.5, 0.6) is 0 Å². The van der Waals surface area contributed by atoms with Crippen LogP contribution >= 0.6 is 0 Å². The molecule has 1 fully saturated rings. The lowest BCUT2D eigenvalue weighted by Crippen LogP contribution is -2.46. The van der Waals surface area contributed by atoms with E-state index in [0.29, 0.717) is 0 Å². The van der Waals surface area contributed by atoms with Crippen molar-refractivity contribution >= 4 is 0 Å². The largest absolute Gasteiger partial charge is 0.509 e. The Balaban J connectivity index is 2.42. The fourth-order valence-corrected chi connectivity index (χ4v) is 1.88. The Bertz CT molecular complexity index is 344. The summed E-state index contributed by atoms with van der Waals surface area (Å²) in [4.78, 5) is 4.59. The molecule has 0 bridgehead atoms. The molecule has 0 saturated carbocycles. The van der Waals surface area contributed by atoms with Gasteiger partial charge in [-0.3, -0.25) is 9.80 Å². The van der Waals surface area contributed by atoms with Crippen LogP contribution in [0.1, 0.15) is 0 Å². The summed E-state index contributed by atoms with van der Waals surface area (Å²) in [6, 6.07) is 0. The maximum atomic E-state index is 9.13. The molecule has 3 heteroatoms. The number of aliphatic hydroxyl groups excluding tert-OH is 1. The molecule has 1 N–H and O–H groups in total. The molecule has 0 aromatic carbocycles. The summed E-state index contributed by atoms with van der Waals surface area (Å²) in [7, 11) is 0. The van der Waals surface area contributed by atoms with Crippen molar-refractivity contribution < 1.29 is 5.11 Å². The molecule has 92 valence electrons. The van der Waals surface area contributed by atoms with E-state index in [-0.39, 0.29) is 5.76 Å². The Morgan fingerprint density at radius 3 is 2.35 bits per heavy atom. The van der Waals surface area contributed by atoms with E-state index in [2.05, 4.69) is 28.9 Å². The summed E-state index contributed by atoms with van der Waals surface area (Å²) in [5.41, 5.74) is 0.989. The van der Waals surface area contributed by atoms with Crippen LogP contribution in [0, 0.1) is 12.3 Å². The van der Waals surface area contributed by atoms with Crippen molar-refractivity contribution in [3.05, 3.63) is 36.6 Å². The Labute approximate surface area is 104 Å². The van der Waals surface area contributed by atoms with Crippen molar-refractivity contribution in [2.45, 2.75) is 0 Å². The van der Waals surface area contributed by atoms with Gasteiger partial charge in [-0.25, -0.2) is 0 Å². The third kappa shape index (κ3) is 4.90. The van der Waals surface area contributed by atoms with E-state index in [1.165, 1.54) is 0 Å². The van der Waals surface area contributed by atoms with Gasteiger partial charge in [0.15, 0.2) is 0 Å². The lowest BCUT2D eigenvalue weighted by Gasteiger charge is -2.33. The average Bonchev–Trinajstić information content (AvgIpc) is 2.30. The van der Waals surface area contributed by atoms with Crippen molar-refractivity contribution in [1.82, 2.24) is 9.80 Å². The highest BCUT2D eigenvalue weighted by Gasteiger charge is 2.15. The standard InChI is InChI=1S/C14H20N2O/c1-4-6-15-7-9-16(10-8-15)12-14(5-2)11-13(3)17/h1,5,11,17H,2-3,6-10,12H2/b14-11+. The number of terminal acetylenes is 1. The van der Waals surface area contributed by atoms with Crippen molar-refractivity contribution in [2.75, 3.05) is 39.3 Å². The van der Waals surface area contributed by atoms with Crippen LogP contribution in [0.4, 0.5) is 0 Å². The Morgan fingerprint density at radius 1 is 1.29 bits per heavy atom. The van der Waals surface area contributed by atoms with Crippen molar-refractivity contribution in [3.8, 4) is 12.3 Å². The van der Waals surface area contributed by atoms with Gasteiger partial charge in [0.05, 0.1) is 6.54 Å². The van der Waals surface area contributed by atoms with E-state index < -0.39 is 0 Å². The molecule has 0 aliphatic carbocycles. The smallest absolute Gasteiger partial charge is 0.108 e. The molecule has 1 rings (SSSR count). The van der Waals surface area contributed by atoms with Crippen LogP contribution in [0.15, 0.2) is 36.6 Å². The van der Waals surface area contributed by atoms with Gasteiger partial charge in [-0.2, -0.15) is 0 Å². The SMILES string of the molecule is C#CCN1CCN(C/C(C=C)=C/C(=C)O)CC1. The zero-order chi connectivity index (χ0) is 12.7. The predicted molar refractivity (Wildman–Crippen MR) is 71.8 cm³/mol. The molecule has 0 radical (unpaired) electrons. The van der Waals surface area contributed by atoms with Crippen LogP contribution < -0.4 is 0 Å². The summed E-state index contributed by atoms with van der Waals surface area (Å²) in [5, 5.41) is 9.13. The van der Waals surface area contributed by atoms with Gasteiger partial charge in [0.25, 0.3) is 0 Å². The van der Waals surface area contributed by atoms with E-state index >= 15 is 0 Å². The Morgan fingerprint density at radius 2 is 1.88 bits per heavy atom. The number of allylic oxidation sites excluding steroid dienone is 1. The Kier molecular flexibility index (Phi) is 5.55. The highest BCUT2D eigenvalue weighted by molar-refractivity contribution is 5.25. The van der Waals surface area contributed by atoms with Gasteiger partial charge < -0.3 is 5.11 Å². The van der Waals surface area contributed by atoms with Crippen molar-refractivity contribution in [3.63, 3.8) is 0 Å². The number of hydrogen-bond acceptors (Lipinski definition) is 3. The zero-order valence-corrected chi connectivity index (χ0v) is 10.2. The number of hydrogen-bond donors (Lipinski definition) is 1. The maximum absolute atomic E-state index is 9.13. The monoisotopic (exact) mass is 232 g/mol. The van der Waals surface area contributed by atoms with Gasteiger partial charge in [-0.05, 0) is 11.6 Å². The lowest BCUT2D eigenvalue weighted by atomic mass is 10.2. The first kappa shape index (κ1) is 13.6. The fraction of sp³-hybridized carbons (Fsp3) is 0.429. The van der Waals surface area contributed by atoms with E-state index in [1.807, 2.05) is 0 Å². The Hall–Kier alpha value is -1.50. The molecule has 0 amide bonds. The van der Waals surface area contributed by atoms with E-state index in [9.17, 15) is 0 Å². The number of nitrogens with zero attached hydrogens (tertiary/aromatic N) is 2. The van der Waals surface area contributed by atoms with Crippen LogP contribution in [0.25, 0.3) is 0 Å². The molecule has 17 heavy (non-hydrogen) atoms. The summed E-state index contributed by atoms with van der Waals surface area (Å²) in [5.74, 6) is 2.74. The van der Waals surface area contributed by atoms with Crippen LogP contribution in [0.3, 0.4) is 0 Å². The van der Waals surface area contributed by atoms with Gasteiger partial charge in [0.1, 0.15) is 5.76 Å². The first-order chi connectivity index (χ1) is 8.15. The fourth-order valence-electron chi connectivity index (χ4n) is 1.88. The minimum Gasteiger partial charge on any atom is -0.509 e. The third-order valence-electron chi connectivity index (χ3n) is 2.80. The second-order valence-corrected chi connectivity index (χ2v) is 4.17. The van der Waals surface area contributed by atoms with Gasteiger partial charge in [0.2, 0.25) is 0 Å². The van der Waals surface area contributed by atoms with E-state index in [4.69, 9.17) is 11.5 Å². The lowest BCUT2D eigenvalue weighted by molar-refractivity contribution is 0.154. The first-order valence-electron chi connectivity index (χ1n) is 5.74. The molecule has 3 nitrogen and oxygen atoms in total. The summed E-state index contributed by atoms with van der Waals surface area (Å²) in [6.45, 7) is 12.7. The molecular formula is C14H20N2O. The number of rotatable bonds is 5. The third-order valence-corrected chi connectivity index (χ3v) is 2.80. The van der Waals surface area contributed by atoms with Crippen molar-refractivity contribution in [1.29, 1.82) is 0 Å². The van der Waals surface area contributed by atoms with Gasteiger partial charge in [-0.1, -0.05) is 25.2 Å². The molecule has 0 atom stereocenters. The van der Waals surface area contributed by atoms with E-state index in [0.717, 1.165) is 44.8 Å². The molecule has 0 aromatic rings. The summed E-state index contributed by atoms with van der Waals surface area (Å²) >= 11 is 0. The van der Waals surface area contributed by atoms with Crippen LogP contribution in [-0.4, -0.2) is 54.2 Å². The average molecular weight is 232 g/mol. The zero-order valence-electron chi connectivity index (χ0n) is 10.2. The minimum absolute atomic E-state index is 0.0749. The van der Waals surface area contributed by atoms with Gasteiger partial charge >= 0.3 is 0 Å². The molecule has 0 unspecified atom stereocenters. The van der Waals surface area contributed by atoms with Crippen molar-refractivity contribution in [2.24, 2.45) is 0 Å². The molecule has 1 heterocycles. The quantitative estimate of drug-likeness (QED) is 0.441. The van der Waals surface area contributed by atoms with Crippen LogP contribution in [0.2, 0.25) is 0 Å². The van der Waals surface area contributed by atoms with Crippen LogP contribution in [-0.2, 0) is 0 Å². The second kappa shape index (κ2) is 6.95. The summed E-state index contributed by atoms with van der Waals surface area (Å²) < 4.78 is 0. The predicted octanol–water partition coefficient (Wildman–Crippen LogP) is 1.42. The second-order valence-electron chi connectivity index (χ2n) is 4.17. The van der Waals surface area contributed by atoms with Gasteiger partial charge in [-0.15, -0.1) is 6.42 Å². The first-order valence-corrected chi connectivity index (χ1v) is 5.74. The topological polar surface area (TPSA) is 26.7 Å². The maximum Gasteiger partial charge on any atom is 0.108 e. The summed E-state index contributed by atoms with van der Waals surface area (Å²) in [6.07, 6.45) is 8.70. The molecule has 1 aliphatic heterocycles. The minimum atomic E-state index is 0.0749. The molecule has 0 spiro atoms. The number of aliphatic hydroxyl groups is 1. The molecule has 0 aromatic heterocycles. The normalized spacial score (nSPS) is 18.6. The molecular weight excluding hydrogens is 212 g/mol. The molecule has 1 aliphatic rings.